The molecular weight excluding hydrogens is 414 g/mol. The lowest BCUT2D eigenvalue weighted by Gasteiger charge is -2.26. The highest BCUT2D eigenvalue weighted by Crippen LogP contribution is 2.27. The molecule has 1 saturated heterocycles. The summed E-state index contributed by atoms with van der Waals surface area (Å²) in [7, 11) is -2.13. The van der Waals surface area contributed by atoms with Gasteiger partial charge in [0.2, 0.25) is 15.9 Å². The Hall–Kier alpha value is -2.52. The van der Waals surface area contributed by atoms with Gasteiger partial charge in [-0.05, 0) is 55.2 Å². The van der Waals surface area contributed by atoms with Gasteiger partial charge in [-0.25, -0.2) is 17.2 Å². The summed E-state index contributed by atoms with van der Waals surface area (Å²) in [4.78, 5) is 12.4. The number of piperidine rings is 1. The summed E-state index contributed by atoms with van der Waals surface area (Å²) in [5.41, 5.74) is 0.725. The van der Waals surface area contributed by atoms with Crippen molar-refractivity contribution in [1.29, 1.82) is 0 Å². The molecule has 0 unspecified atom stereocenters. The molecule has 2 aromatic carbocycles. The van der Waals surface area contributed by atoms with Crippen LogP contribution < -0.4 is 10.1 Å². The molecule has 0 saturated carbocycles. The van der Waals surface area contributed by atoms with E-state index in [2.05, 4.69) is 5.32 Å². The summed E-state index contributed by atoms with van der Waals surface area (Å²) >= 11 is 0. The third-order valence-corrected chi connectivity index (χ3v) is 6.92. The molecule has 0 aliphatic carbocycles. The zero-order chi connectivity index (χ0) is 21.7. The minimum Gasteiger partial charge on any atom is -0.496 e. The van der Waals surface area contributed by atoms with Crippen LogP contribution in [0.4, 0.5) is 14.5 Å². The fourth-order valence-corrected chi connectivity index (χ4v) is 4.98. The van der Waals surface area contributed by atoms with Crippen molar-refractivity contribution in [3.63, 3.8) is 0 Å². The molecule has 0 bridgehead atoms. The molecule has 0 radical (unpaired) electrons. The van der Waals surface area contributed by atoms with E-state index in [4.69, 9.17) is 4.74 Å². The van der Waals surface area contributed by atoms with Gasteiger partial charge in [-0.3, -0.25) is 4.79 Å². The zero-order valence-electron chi connectivity index (χ0n) is 16.7. The molecule has 0 atom stereocenters. The average molecular weight is 438 g/mol. The van der Waals surface area contributed by atoms with Gasteiger partial charge in [0.1, 0.15) is 5.75 Å². The molecule has 0 aromatic heterocycles. The van der Waals surface area contributed by atoms with E-state index in [9.17, 15) is 22.0 Å². The van der Waals surface area contributed by atoms with E-state index in [0.29, 0.717) is 24.4 Å². The Morgan fingerprint density at radius 3 is 2.47 bits per heavy atom. The second-order valence-corrected chi connectivity index (χ2v) is 9.05. The Morgan fingerprint density at radius 2 is 1.80 bits per heavy atom. The van der Waals surface area contributed by atoms with E-state index in [1.807, 2.05) is 0 Å². The van der Waals surface area contributed by atoms with Crippen LogP contribution in [-0.2, 0) is 21.2 Å². The molecule has 1 fully saturated rings. The summed E-state index contributed by atoms with van der Waals surface area (Å²) in [6.45, 7) is 1.00. The Kier molecular flexibility index (Phi) is 7.04. The first-order chi connectivity index (χ1) is 14.3. The smallest absolute Gasteiger partial charge is 0.243 e. The molecule has 3 rings (SSSR count). The van der Waals surface area contributed by atoms with E-state index >= 15 is 0 Å². The summed E-state index contributed by atoms with van der Waals surface area (Å²) in [5, 5.41) is 2.50. The number of anilines is 1. The van der Waals surface area contributed by atoms with E-state index in [0.717, 1.165) is 31.4 Å². The molecule has 0 spiro atoms. The highest BCUT2D eigenvalue weighted by molar-refractivity contribution is 7.89. The normalized spacial score (nSPS) is 15.0. The average Bonchev–Trinajstić information content (AvgIpc) is 2.75. The second-order valence-electron chi connectivity index (χ2n) is 7.12. The lowest BCUT2D eigenvalue weighted by Crippen LogP contribution is -2.35. The largest absolute Gasteiger partial charge is 0.496 e. The van der Waals surface area contributed by atoms with Crippen LogP contribution in [-0.4, -0.2) is 38.8 Å². The van der Waals surface area contributed by atoms with Gasteiger partial charge in [-0.2, -0.15) is 4.31 Å². The van der Waals surface area contributed by atoms with E-state index in [1.165, 1.54) is 29.6 Å². The number of halogens is 2. The predicted molar refractivity (Wildman–Crippen MR) is 109 cm³/mol. The molecule has 9 heteroatoms. The number of methoxy groups -OCH3 is 1. The minimum atomic E-state index is -3.61. The van der Waals surface area contributed by atoms with Gasteiger partial charge < -0.3 is 10.1 Å². The van der Waals surface area contributed by atoms with Crippen molar-refractivity contribution >= 4 is 21.6 Å². The SMILES string of the molecule is COc1ccc(S(=O)(=O)N2CCCCC2)cc1CCC(=O)Nc1ccc(F)c(F)c1. The van der Waals surface area contributed by atoms with Gasteiger partial charge in [-0.1, -0.05) is 6.42 Å². The van der Waals surface area contributed by atoms with Crippen LogP contribution in [0.25, 0.3) is 0 Å². The fourth-order valence-electron chi connectivity index (χ4n) is 3.41. The third-order valence-electron chi connectivity index (χ3n) is 5.03. The van der Waals surface area contributed by atoms with Gasteiger partial charge in [0.15, 0.2) is 11.6 Å². The maximum absolute atomic E-state index is 13.3. The highest BCUT2D eigenvalue weighted by atomic mass is 32.2. The second kappa shape index (κ2) is 9.53. The van der Waals surface area contributed by atoms with Gasteiger partial charge in [0, 0.05) is 31.3 Å². The first-order valence-corrected chi connectivity index (χ1v) is 11.2. The number of carbonyl (C=O) groups excluding carboxylic acids is 1. The van der Waals surface area contributed by atoms with Crippen molar-refractivity contribution in [2.45, 2.75) is 37.0 Å². The maximum Gasteiger partial charge on any atom is 0.243 e. The van der Waals surface area contributed by atoms with Gasteiger partial charge >= 0.3 is 0 Å². The zero-order valence-corrected chi connectivity index (χ0v) is 17.5. The van der Waals surface area contributed by atoms with Crippen molar-refractivity contribution in [3.8, 4) is 5.75 Å². The summed E-state index contributed by atoms with van der Waals surface area (Å²) in [6, 6.07) is 7.73. The minimum absolute atomic E-state index is 0.0164. The van der Waals surface area contributed by atoms with Gasteiger partial charge in [0.05, 0.1) is 12.0 Å². The number of benzene rings is 2. The Morgan fingerprint density at radius 1 is 1.07 bits per heavy atom. The highest BCUT2D eigenvalue weighted by Gasteiger charge is 2.26. The van der Waals surface area contributed by atoms with Gasteiger partial charge in [0.25, 0.3) is 0 Å². The molecule has 1 heterocycles. The molecule has 6 nitrogen and oxygen atoms in total. The first kappa shape index (κ1) is 22.2. The van der Waals surface area contributed by atoms with Crippen LogP contribution in [0.15, 0.2) is 41.3 Å². The molecule has 1 amide bonds. The first-order valence-electron chi connectivity index (χ1n) is 9.73. The molecule has 30 heavy (non-hydrogen) atoms. The van der Waals surface area contributed by atoms with E-state index < -0.39 is 27.6 Å². The van der Waals surface area contributed by atoms with Crippen LogP contribution >= 0.6 is 0 Å². The Labute approximate surface area is 174 Å². The lowest BCUT2D eigenvalue weighted by atomic mass is 10.1. The number of ether oxygens (including phenoxy) is 1. The Bertz CT molecular complexity index is 1020. The molecule has 1 N–H and O–H groups in total. The summed E-state index contributed by atoms with van der Waals surface area (Å²) < 4.78 is 58.9. The summed E-state index contributed by atoms with van der Waals surface area (Å²) in [5.74, 6) is -1.98. The number of nitrogens with one attached hydrogen (secondary N) is 1. The number of rotatable bonds is 7. The van der Waals surface area contributed by atoms with Crippen LogP contribution in [0.3, 0.4) is 0 Å². The number of sulfonamides is 1. The maximum atomic E-state index is 13.3. The van der Waals surface area contributed by atoms with Crippen molar-refractivity contribution < 1.29 is 26.7 Å². The van der Waals surface area contributed by atoms with Crippen LogP contribution in [0.2, 0.25) is 0 Å². The third kappa shape index (κ3) is 5.14. The summed E-state index contributed by atoms with van der Waals surface area (Å²) in [6.07, 6.45) is 2.94. The monoisotopic (exact) mass is 438 g/mol. The van der Waals surface area contributed by atoms with Crippen LogP contribution in [0.1, 0.15) is 31.2 Å². The van der Waals surface area contributed by atoms with Crippen molar-refractivity contribution in [3.05, 3.63) is 53.6 Å². The predicted octanol–water partition coefficient (Wildman–Crippen LogP) is 3.72. The quantitative estimate of drug-likeness (QED) is 0.715. The standard InChI is InChI=1S/C21H24F2N2O4S/c1-29-20-9-7-17(30(27,28)25-11-3-2-4-12-25)13-15(20)5-10-21(26)24-16-6-8-18(22)19(23)14-16/h6-9,13-14H,2-5,10-12H2,1H3,(H,24,26). The topological polar surface area (TPSA) is 75.7 Å². The number of nitrogens with zero attached hydrogens (tertiary/aromatic N) is 1. The molecule has 2 aromatic rings. The molecular formula is C21H24F2N2O4S. The number of hydrogen-bond acceptors (Lipinski definition) is 4. The molecule has 162 valence electrons. The lowest BCUT2D eigenvalue weighted by molar-refractivity contribution is -0.116. The van der Waals surface area contributed by atoms with Crippen LogP contribution in [0.5, 0.6) is 5.75 Å². The van der Waals surface area contributed by atoms with Gasteiger partial charge in [-0.15, -0.1) is 0 Å². The molecule has 1 aliphatic rings. The number of hydrogen-bond donors (Lipinski definition) is 1. The van der Waals surface area contributed by atoms with E-state index in [1.54, 1.807) is 6.07 Å². The number of aryl methyl sites for hydroxylation is 1. The van der Waals surface area contributed by atoms with Crippen LogP contribution in [0, 0.1) is 11.6 Å². The van der Waals surface area contributed by atoms with Crippen molar-refractivity contribution in [2.75, 3.05) is 25.5 Å². The number of carbonyl (C=O) groups is 1. The Balaban J connectivity index is 1.72. The van der Waals surface area contributed by atoms with Crippen molar-refractivity contribution in [1.82, 2.24) is 4.31 Å². The number of amides is 1. The fraction of sp³-hybridized carbons (Fsp3) is 0.381. The van der Waals surface area contributed by atoms with E-state index in [-0.39, 0.29) is 23.4 Å². The van der Waals surface area contributed by atoms with Crippen molar-refractivity contribution in [2.24, 2.45) is 0 Å². The molecule has 1 aliphatic heterocycles.